The Morgan fingerprint density at radius 2 is 1.57 bits per heavy atom. The molecule has 2 unspecified atom stereocenters. The van der Waals surface area contributed by atoms with E-state index in [9.17, 15) is 33.3 Å². The lowest BCUT2D eigenvalue weighted by molar-refractivity contribution is -0.143. The van der Waals surface area contributed by atoms with Crippen molar-refractivity contribution in [1.82, 2.24) is 15.5 Å². The van der Waals surface area contributed by atoms with Gasteiger partial charge < -0.3 is 42.5 Å². The summed E-state index contributed by atoms with van der Waals surface area (Å²) in [4.78, 5) is 66.5. The third-order valence-corrected chi connectivity index (χ3v) is 9.75. The van der Waals surface area contributed by atoms with Crippen molar-refractivity contribution >= 4 is 52.8 Å². The van der Waals surface area contributed by atoms with Crippen molar-refractivity contribution in [2.75, 3.05) is 32.2 Å². The van der Waals surface area contributed by atoms with Gasteiger partial charge >= 0.3 is 5.97 Å². The molecule has 51 heavy (non-hydrogen) atoms. The number of amides is 4. The number of hydrogen-bond acceptors (Lipinski definition) is 10. The average molecular weight is 766 g/mol. The summed E-state index contributed by atoms with van der Waals surface area (Å²) < 4.78 is 16.2. The van der Waals surface area contributed by atoms with Crippen LogP contribution in [0.15, 0.2) is 12.1 Å². The molecule has 15 nitrogen and oxygen atoms in total. The molecular formula is C34H60ClN5O10S. The fourth-order valence-corrected chi connectivity index (χ4v) is 6.71. The van der Waals surface area contributed by atoms with E-state index < -0.39 is 59.1 Å². The number of methoxy groups -OCH3 is 1. The first-order valence-corrected chi connectivity index (χ1v) is 18.5. The van der Waals surface area contributed by atoms with Gasteiger partial charge in [-0.05, 0) is 80.7 Å². The molecule has 0 saturated heterocycles. The second-order valence-corrected chi connectivity index (χ2v) is 14.4. The van der Waals surface area contributed by atoms with Crippen molar-refractivity contribution in [1.29, 1.82) is 0 Å². The summed E-state index contributed by atoms with van der Waals surface area (Å²) in [6.07, 6.45) is 8.87. The van der Waals surface area contributed by atoms with Crippen LogP contribution in [0.5, 0.6) is 5.75 Å². The molecule has 17 heteroatoms. The maximum Gasteiger partial charge on any atom is 0.305 e. The number of nitrogens with zero attached hydrogens (tertiary/aromatic N) is 1. The summed E-state index contributed by atoms with van der Waals surface area (Å²) in [5, 5.41) is 14.9. The van der Waals surface area contributed by atoms with Gasteiger partial charge in [0.05, 0.1) is 25.7 Å². The zero-order chi connectivity index (χ0) is 35.8. The van der Waals surface area contributed by atoms with Crippen molar-refractivity contribution < 1.29 is 49.0 Å². The Morgan fingerprint density at radius 3 is 2.14 bits per heavy atom. The van der Waals surface area contributed by atoms with Gasteiger partial charge in [-0.15, -0.1) is 12.4 Å². The topological polar surface area (TPSA) is 274 Å². The molecule has 0 aromatic heterocycles. The monoisotopic (exact) mass is 765 g/mol. The van der Waals surface area contributed by atoms with Crippen LogP contribution in [0.3, 0.4) is 0 Å². The van der Waals surface area contributed by atoms with Crippen LogP contribution in [0.25, 0.3) is 0 Å². The number of ether oxygens (including phenoxy) is 1. The van der Waals surface area contributed by atoms with E-state index in [0.29, 0.717) is 25.7 Å². The van der Waals surface area contributed by atoms with Crippen LogP contribution >= 0.6 is 12.4 Å². The molecular weight excluding hydrogens is 706 g/mol. The maximum atomic E-state index is 13.8. The van der Waals surface area contributed by atoms with E-state index in [-0.39, 0.29) is 72.6 Å². The van der Waals surface area contributed by atoms with E-state index in [1.54, 1.807) is 12.1 Å². The van der Waals surface area contributed by atoms with Crippen LogP contribution in [0.1, 0.15) is 87.3 Å². The van der Waals surface area contributed by atoms with E-state index in [1.165, 1.54) is 18.3 Å². The highest BCUT2D eigenvalue weighted by atomic mass is 35.5. The lowest BCUT2D eigenvalue weighted by Gasteiger charge is -2.34. The minimum Gasteiger partial charge on any atom is -0.508 e. The number of carbonyl (C=O) groups excluding carboxylic acids is 5. The largest absolute Gasteiger partial charge is 0.508 e. The summed E-state index contributed by atoms with van der Waals surface area (Å²) in [6.45, 7) is 3.39. The Bertz CT molecular complexity index is 1270. The molecule has 0 spiro atoms. The molecule has 1 saturated carbocycles. The van der Waals surface area contributed by atoms with Crippen LogP contribution in [-0.4, -0.2) is 105 Å². The molecule has 1 aromatic carbocycles. The van der Waals surface area contributed by atoms with Gasteiger partial charge in [0.25, 0.3) is 0 Å². The first-order chi connectivity index (χ1) is 22.7. The Balaban J connectivity index is 0. The number of imide groups is 1. The highest BCUT2D eigenvalue weighted by Gasteiger charge is 2.34. The van der Waals surface area contributed by atoms with Crippen molar-refractivity contribution in [2.45, 2.75) is 109 Å². The number of hydrogen-bond donors (Lipinski definition) is 5. The van der Waals surface area contributed by atoms with Gasteiger partial charge in [0, 0.05) is 35.8 Å². The number of nitrogens with one attached hydrogen (secondary N) is 2. The summed E-state index contributed by atoms with van der Waals surface area (Å²) in [5.74, 6) is -2.25. The van der Waals surface area contributed by atoms with Gasteiger partial charge in [0.15, 0.2) is 0 Å². The van der Waals surface area contributed by atoms with E-state index in [0.717, 1.165) is 48.8 Å². The number of benzene rings is 1. The van der Waals surface area contributed by atoms with Crippen molar-refractivity contribution in [3.63, 3.8) is 0 Å². The second-order valence-electron chi connectivity index (χ2n) is 12.8. The summed E-state index contributed by atoms with van der Waals surface area (Å²) in [5.41, 5.74) is 14.6. The molecule has 0 bridgehead atoms. The molecule has 0 aliphatic heterocycles. The minimum absolute atomic E-state index is 0. The van der Waals surface area contributed by atoms with Crippen molar-refractivity contribution in [3.8, 4) is 5.75 Å². The Morgan fingerprint density at radius 1 is 0.961 bits per heavy atom. The van der Waals surface area contributed by atoms with Crippen LogP contribution in [-0.2, 0) is 45.9 Å². The van der Waals surface area contributed by atoms with Gasteiger partial charge in [0.1, 0.15) is 11.8 Å². The third kappa shape index (κ3) is 17.8. The summed E-state index contributed by atoms with van der Waals surface area (Å²) in [7, 11) is 0.161. The molecule has 4 atom stereocenters. The first-order valence-electron chi connectivity index (χ1n) is 16.8. The molecule has 294 valence electrons. The van der Waals surface area contributed by atoms with Gasteiger partial charge in [-0.25, -0.2) is 0 Å². The fraction of sp³-hybridized carbons (Fsp3) is 0.676. The number of carbonyl (C=O) groups is 5. The molecule has 1 aliphatic carbocycles. The SMILES string of the molecule is COC(=O)CCCCCN(C(=O)CNC(=O)[C@@H](N)Cc1c(C)cc(O)cc1C)[C@@H](CC1CCCCC1)C(=O)NC(=O)C(N)CCS(C)=O.Cl.O.O. The number of aryl methyl sites for hydroxylation is 2. The summed E-state index contributed by atoms with van der Waals surface area (Å²) in [6, 6.07) is 0.186. The number of nitrogens with two attached hydrogens (primary N) is 2. The molecule has 0 heterocycles. The number of rotatable bonds is 19. The molecule has 11 N–H and O–H groups in total. The average Bonchev–Trinajstić information content (AvgIpc) is 3.04. The van der Waals surface area contributed by atoms with Crippen LogP contribution < -0.4 is 22.1 Å². The van der Waals surface area contributed by atoms with Crippen molar-refractivity contribution in [2.24, 2.45) is 17.4 Å². The predicted octanol–water partition coefficient (Wildman–Crippen LogP) is 0.407. The van der Waals surface area contributed by atoms with E-state index in [2.05, 4.69) is 10.6 Å². The van der Waals surface area contributed by atoms with Crippen molar-refractivity contribution in [3.05, 3.63) is 28.8 Å². The van der Waals surface area contributed by atoms with Crippen LogP contribution in [0, 0.1) is 19.8 Å². The molecule has 1 aromatic rings. The van der Waals surface area contributed by atoms with Crippen LogP contribution in [0.2, 0.25) is 0 Å². The zero-order valence-corrected chi connectivity index (χ0v) is 31.9. The zero-order valence-electron chi connectivity index (χ0n) is 30.3. The number of phenolic OH excluding ortho intramolecular Hbond substituents is 1. The highest BCUT2D eigenvalue weighted by molar-refractivity contribution is 7.84. The van der Waals surface area contributed by atoms with Crippen LogP contribution in [0.4, 0.5) is 0 Å². The van der Waals surface area contributed by atoms with E-state index >= 15 is 0 Å². The Labute approximate surface area is 309 Å². The molecule has 4 amide bonds. The minimum atomic E-state index is -1.16. The summed E-state index contributed by atoms with van der Waals surface area (Å²) >= 11 is 0. The number of phenols is 1. The Hall–Kier alpha value is -3.15. The fourth-order valence-electron chi connectivity index (χ4n) is 6.12. The normalized spacial score (nSPS) is 14.9. The number of halogens is 1. The smallest absolute Gasteiger partial charge is 0.305 e. The standard InChI is InChI=1S/C34H55N5O8S.ClH.2H2O/c1-22-17-25(40)18-23(2)26(22)20-28(36)32(43)37-21-30(41)39(15-10-6-9-13-31(42)47-3)29(19-24-11-7-5-8-12-24)34(45)38-33(44)27(35)14-16-48(4)46;;;/h17-18,24,27-29,40H,5-16,19-21,35-36H2,1-4H3,(H,37,43)(H,38,44,45);1H;2*1H2/t27?,28-,29-,48?;;;/m0.../s1. The quantitative estimate of drug-likeness (QED) is 0.0955. The molecule has 0 radical (unpaired) electrons. The van der Waals surface area contributed by atoms with Gasteiger partial charge in [-0.3, -0.25) is 33.5 Å². The second kappa shape index (κ2) is 25.7. The van der Waals surface area contributed by atoms with Gasteiger partial charge in [-0.1, -0.05) is 38.5 Å². The number of esters is 1. The lowest BCUT2D eigenvalue weighted by Crippen LogP contribution is -2.56. The molecule has 1 fully saturated rings. The predicted molar refractivity (Wildman–Crippen MR) is 199 cm³/mol. The lowest BCUT2D eigenvalue weighted by atomic mass is 9.84. The van der Waals surface area contributed by atoms with E-state index in [4.69, 9.17) is 16.2 Å². The molecule has 2 rings (SSSR count). The third-order valence-electron chi connectivity index (χ3n) is 8.94. The first kappa shape index (κ1) is 50.0. The Kier molecular flexibility index (Phi) is 25.2. The number of aromatic hydroxyl groups is 1. The number of unbranched alkanes of at least 4 members (excludes halogenated alkanes) is 2. The van der Waals surface area contributed by atoms with Gasteiger partial charge in [-0.2, -0.15) is 0 Å². The van der Waals surface area contributed by atoms with Gasteiger partial charge in [0.2, 0.25) is 23.6 Å². The highest BCUT2D eigenvalue weighted by Crippen LogP contribution is 2.29. The van der Waals surface area contributed by atoms with E-state index in [1.807, 2.05) is 13.8 Å². The maximum absolute atomic E-state index is 13.8. The molecule has 1 aliphatic rings.